The molecule has 0 bridgehead atoms. The third kappa shape index (κ3) is 3.76. The van der Waals surface area contributed by atoms with E-state index in [2.05, 4.69) is 23.3 Å². The van der Waals surface area contributed by atoms with Crippen LogP contribution in [-0.2, 0) is 17.8 Å². The van der Waals surface area contributed by atoms with Crippen LogP contribution in [0.2, 0.25) is 0 Å². The molecule has 2 saturated carbocycles. The molecule has 6 rings (SSSR count). The smallest absolute Gasteiger partial charge is 0.139 e. The van der Waals surface area contributed by atoms with E-state index in [0.29, 0.717) is 53.5 Å². The number of phenols is 1. The quantitative estimate of drug-likeness (QED) is 0.526. The van der Waals surface area contributed by atoms with E-state index in [1.165, 1.54) is 23.3 Å². The minimum absolute atomic E-state index is 0.271. The molecule has 0 amide bonds. The lowest BCUT2D eigenvalue weighted by molar-refractivity contribution is -0.129. The average Bonchev–Trinajstić information content (AvgIpc) is 3.39. The number of phenolic OH excluding ortho intramolecular Hbond substituents is 1. The van der Waals surface area contributed by atoms with Crippen molar-refractivity contribution in [1.82, 2.24) is 15.0 Å². The van der Waals surface area contributed by atoms with Crippen LogP contribution < -0.4 is 0 Å². The van der Waals surface area contributed by atoms with Crippen LogP contribution >= 0.6 is 0 Å². The first kappa shape index (κ1) is 22.4. The van der Waals surface area contributed by atoms with E-state index in [4.69, 9.17) is 0 Å². The number of aromatic hydroxyl groups is 1. The molecule has 0 aliphatic heterocycles. The Bertz CT molecular complexity index is 1280. The first-order valence-electron chi connectivity index (χ1n) is 12.5. The maximum atomic E-state index is 13.6. The summed E-state index contributed by atoms with van der Waals surface area (Å²) in [5.41, 5.74) is 3.12. The fraction of sp³-hybridized carbons (Fsp3) is 0.464. The standard InChI is InChI=1S/C28H29F2N3O2/c1-28-8-6-23-22-5-3-21(34)12-16(22)2-4-24(23)27(28)17(13-26(28)35)7-9-33-15-25(31-32-33)18-10-19(29)14-20(30)11-18/h3,5,10-12,14-15,17,23-24,27,34H,2,4,6-9,13H2,1H3/t17-,23-,24-,27+,28-/m1/s1. The number of aromatic nitrogens is 3. The minimum atomic E-state index is -0.644. The molecule has 0 saturated heterocycles. The molecular formula is C28H29F2N3O2. The van der Waals surface area contributed by atoms with E-state index < -0.39 is 11.6 Å². The zero-order valence-electron chi connectivity index (χ0n) is 19.8. The Morgan fingerprint density at radius 3 is 2.74 bits per heavy atom. The van der Waals surface area contributed by atoms with Gasteiger partial charge in [0.25, 0.3) is 0 Å². The highest BCUT2D eigenvalue weighted by Gasteiger charge is 2.58. The first-order valence-corrected chi connectivity index (χ1v) is 12.5. The number of benzene rings is 2. The number of ketones is 1. The maximum absolute atomic E-state index is 13.6. The largest absolute Gasteiger partial charge is 0.508 e. The number of hydrogen-bond acceptors (Lipinski definition) is 4. The molecule has 2 aromatic carbocycles. The number of carbonyl (C=O) groups excluding carboxylic acids is 1. The van der Waals surface area contributed by atoms with E-state index in [-0.39, 0.29) is 11.3 Å². The molecule has 5 nitrogen and oxygen atoms in total. The fourth-order valence-electron chi connectivity index (χ4n) is 7.43. The third-order valence-electron chi connectivity index (χ3n) is 8.98. The number of Topliss-reactive ketones (excluding diaryl/α,β-unsaturated/α-hetero) is 1. The Morgan fingerprint density at radius 1 is 1.14 bits per heavy atom. The number of halogens is 2. The van der Waals surface area contributed by atoms with Gasteiger partial charge >= 0.3 is 0 Å². The Kier molecular flexibility index (Phi) is 5.27. The summed E-state index contributed by atoms with van der Waals surface area (Å²) in [5, 5.41) is 18.2. The van der Waals surface area contributed by atoms with Gasteiger partial charge in [-0.15, -0.1) is 5.10 Å². The van der Waals surface area contributed by atoms with Crippen molar-refractivity contribution in [2.24, 2.45) is 23.2 Å². The van der Waals surface area contributed by atoms with Crippen LogP contribution in [-0.4, -0.2) is 25.9 Å². The van der Waals surface area contributed by atoms with E-state index in [1.807, 2.05) is 6.07 Å². The summed E-state index contributed by atoms with van der Waals surface area (Å²) in [4.78, 5) is 13.2. The molecule has 182 valence electrons. The van der Waals surface area contributed by atoms with Crippen molar-refractivity contribution in [1.29, 1.82) is 0 Å². The summed E-state index contributed by atoms with van der Waals surface area (Å²) in [6.45, 7) is 2.78. The molecule has 1 aromatic heterocycles. The van der Waals surface area contributed by atoms with Crippen LogP contribution in [0.4, 0.5) is 8.78 Å². The Labute approximate surface area is 203 Å². The van der Waals surface area contributed by atoms with Crippen LogP contribution in [0.1, 0.15) is 56.1 Å². The van der Waals surface area contributed by atoms with E-state index in [0.717, 1.165) is 38.2 Å². The molecule has 5 atom stereocenters. The summed E-state index contributed by atoms with van der Waals surface area (Å²) in [6, 6.07) is 9.12. The number of nitrogens with zero attached hydrogens (tertiary/aromatic N) is 3. The highest BCUT2D eigenvalue weighted by Crippen LogP contribution is 2.62. The van der Waals surface area contributed by atoms with Gasteiger partial charge in [0.1, 0.15) is 28.9 Å². The lowest BCUT2D eigenvalue weighted by Gasteiger charge is -2.50. The van der Waals surface area contributed by atoms with Gasteiger partial charge in [-0.1, -0.05) is 18.2 Å². The summed E-state index contributed by atoms with van der Waals surface area (Å²) in [5.74, 6) is 0.926. The number of fused-ring (bicyclic) bond motifs is 5. The Morgan fingerprint density at radius 2 is 1.94 bits per heavy atom. The van der Waals surface area contributed by atoms with Crippen molar-refractivity contribution in [2.45, 2.75) is 57.9 Å². The molecule has 3 aromatic rings. The number of aryl methyl sites for hydroxylation is 2. The second kappa shape index (κ2) is 8.25. The van der Waals surface area contributed by atoms with Gasteiger partial charge in [0.05, 0.1) is 6.20 Å². The number of rotatable bonds is 4. The Balaban J connectivity index is 1.22. The highest BCUT2D eigenvalue weighted by molar-refractivity contribution is 5.87. The van der Waals surface area contributed by atoms with Gasteiger partial charge in [-0.2, -0.15) is 0 Å². The number of carbonyl (C=O) groups is 1. The van der Waals surface area contributed by atoms with Gasteiger partial charge in [0, 0.05) is 30.0 Å². The lowest BCUT2D eigenvalue weighted by Crippen LogP contribution is -2.44. The predicted molar refractivity (Wildman–Crippen MR) is 127 cm³/mol. The SMILES string of the molecule is C[C@]12CC[C@@H]3c4ccc(O)cc4CC[C@H]3[C@@H]1[C@H](CCn1cc(-c3cc(F)cc(F)c3)nn1)CC2=O. The predicted octanol–water partition coefficient (Wildman–Crippen LogP) is 5.67. The number of hydrogen-bond donors (Lipinski definition) is 1. The van der Waals surface area contributed by atoms with Crippen LogP contribution in [0.5, 0.6) is 5.75 Å². The monoisotopic (exact) mass is 477 g/mol. The molecular weight excluding hydrogens is 448 g/mol. The zero-order chi connectivity index (χ0) is 24.3. The van der Waals surface area contributed by atoms with Gasteiger partial charge in [-0.05, 0) is 91.2 Å². The highest BCUT2D eigenvalue weighted by atomic mass is 19.1. The third-order valence-corrected chi connectivity index (χ3v) is 8.98. The van der Waals surface area contributed by atoms with Crippen molar-refractivity contribution in [3.63, 3.8) is 0 Å². The molecule has 1 N–H and O–H groups in total. The van der Waals surface area contributed by atoms with Crippen molar-refractivity contribution in [3.05, 3.63) is 65.4 Å². The van der Waals surface area contributed by atoms with Crippen molar-refractivity contribution in [2.75, 3.05) is 0 Å². The van der Waals surface area contributed by atoms with E-state index in [1.54, 1.807) is 16.9 Å². The molecule has 1 heterocycles. The van der Waals surface area contributed by atoms with Crippen LogP contribution in [0.3, 0.4) is 0 Å². The summed E-state index contributed by atoms with van der Waals surface area (Å²) >= 11 is 0. The van der Waals surface area contributed by atoms with Crippen LogP contribution in [0.15, 0.2) is 42.6 Å². The van der Waals surface area contributed by atoms with Gasteiger partial charge in [0.2, 0.25) is 0 Å². The Hall–Kier alpha value is -3.09. The molecule has 0 spiro atoms. The molecule has 2 fully saturated rings. The normalized spacial score (nSPS) is 29.5. The maximum Gasteiger partial charge on any atom is 0.139 e. The molecule has 7 heteroatoms. The van der Waals surface area contributed by atoms with Gasteiger partial charge in [-0.25, -0.2) is 8.78 Å². The van der Waals surface area contributed by atoms with Crippen molar-refractivity contribution < 1.29 is 18.7 Å². The second-order valence-electron chi connectivity index (χ2n) is 10.9. The van der Waals surface area contributed by atoms with Crippen LogP contribution in [0, 0.1) is 34.8 Å². The molecule has 3 aliphatic carbocycles. The minimum Gasteiger partial charge on any atom is -0.508 e. The summed E-state index contributed by atoms with van der Waals surface area (Å²) in [7, 11) is 0. The van der Waals surface area contributed by atoms with Crippen molar-refractivity contribution >= 4 is 5.78 Å². The van der Waals surface area contributed by atoms with Crippen molar-refractivity contribution in [3.8, 4) is 17.0 Å². The molecule has 0 radical (unpaired) electrons. The van der Waals surface area contributed by atoms with E-state index in [9.17, 15) is 18.7 Å². The summed E-state index contributed by atoms with van der Waals surface area (Å²) < 4.78 is 28.9. The van der Waals surface area contributed by atoms with Gasteiger partial charge < -0.3 is 5.11 Å². The summed E-state index contributed by atoms with van der Waals surface area (Å²) in [6.07, 6.45) is 7.05. The van der Waals surface area contributed by atoms with Gasteiger partial charge in [-0.3, -0.25) is 9.48 Å². The average molecular weight is 478 g/mol. The first-order chi connectivity index (χ1) is 16.8. The fourth-order valence-corrected chi connectivity index (χ4v) is 7.43. The van der Waals surface area contributed by atoms with Crippen LogP contribution in [0.25, 0.3) is 11.3 Å². The zero-order valence-corrected chi connectivity index (χ0v) is 19.8. The lowest BCUT2D eigenvalue weighted by atomic mass is 9.54. The van der Waals surface area contributed by atoms with E-state index >= 15 is 0 Å². The molecule has 0 unspecified atom stereocenters. The topological polar surface area (TPSA) is 68.0 Å². The second-order valence-corrected chi connectivity index (χ2v) is 10.9. The molecule has 35 heavy (non-hydrogen) atoms. The molecule has 3 aliphatic rings. The van der Waals surface area contributed by atoms with Gasteiger partial charge in [0.15, 0.2) is 0 Å².